The van der Waals surface area contributed by atoms with Gasteiger partial charge >= 0.3 is 0 Å². The highest BCUT2D eigenvalue weighted by Gasteiger charge is 2.24. The molecule has 20 heteroatoms. The maximum Gasteiger partial charge on any atom is 0.236 e. The highest BCUT2D eigenvalue weighted by Crippen LogP contribution is 2.39. The lowest BCUT2D eigenvalue weighted by atomic mass is 10.2. The minimum atomic E-state index is -3.56. The van der Waals surface area contributed by atoms with Gasteiger partial charge in [0, 0.05) is 6.07 Å². The molecule has 12 nitrogen and oxygen atoms in total. The number of amidine groups is 3. The van der Waals surface area contributed by atoms with Crippen molar-refractivity contribution in [3.8, 4) is 11.5 Å². The van der Waals surface area contributed by atoms with Gasteiger partial charge in [0.1, 0.15) is 27.5 Å². The third kappa shape index (κ3) is 12.9. The van der Waals surface area contributed by atoms with Crippen molar-refractivity contribution in [1.82, 2.24) is 0 Å². The van der Waals surface area contributed by atoms with Gasteiger partial charge in [-0.25, -0.2) is 16.8 Å². The number of benzene rings is 3. The molecule has 10 N–H and O–H groups in total. The van der Waals surface area contributed by atoms with Gasteiger partial charge in [0.25, 0.3) is 0 Å². The maximum absolute atomic E-state index is 12.5. The molecular formula is C37H39N7O5S8. The summed E-state index contributed by atoms with van der Waals surface area (Å²) >= 11 is 8.36. The molecule has 0 bridgehead atoms. The second-order valence-corrected chi connectivity index (χ2v) is 21.3. The van der Waals surface area contributed by atoms with Gasteiger partial charge in [-0.05, 0) is 60.7 Å². The highest BCUT2D eigenvalue weighted by molar-refractivity contribution is 8.01. The lowest BCUT2D eigenvalue weighted by Gasteiger charge is -2.07. The Labute approximate surface area is 357 Å². The number of anilines is 1. The fourth-order valence-electron chi connectivity index (χ4n) is 4.59. The van der Waals surface area contributed by atoms with E-state index >= 15 is 0 Å². The zero-order valence-corrected chi connectivity index (χ0v) is 37.2. The maximum atomic E-state index is 12.5. The number of thiophene rings is 3. The van der Waals surface area contributed by atoms with E-state index in [-0.39, 0.29) is 33.1 Å². The van der Waals surface area contributed by atoms with E-state index in [1.807, 2.05) is 55.0 Å². The van der Waals surface area contributed by atoms with Gasteiger partial charge in [0.2, 0.25) is 19.9 Å². The molecule has 0 unspecified atom stereocenters. The SMILES string of the molecule is CSc1sc(C(=N)N)cc1NS(=O)(=O)Cc1ccccc1.CSc1sc(C(=N)N)cc1Oc1ccccc1.CSc1sc(C(=N)N)cc1S(=O)(=O)c1ccccc1. The summed E-state index contributed by atoms with van der Waals surface area (Å²) in [5.41, 5.74) is 17.5. The molecule has 0 aliphatic rings. The van der Waals surface area contributed by atoms with Gasteiger partial charge < -0.3 is 21.9 Å². The van der Waals surface area contributed by atoms with Gasteiger partial charge in [-0.1, -0.05) is 66.7 Å². The summed E-state index contributed by atoms with van der Waals surface area (Å²) in [5, 5.41) is 22.3. The van der Waals surface area contributed by atoms with Crippen LogP contribution < -0.4 is 26.7 Å². The Bertz CT molecular complexity index is 2520. The molecule has 0 fully saturated rings. The molecule has 0 spiro atoms. The molecule has 6 aromatic rings. The monoisotopic (exact) mass is 917 g/mol. The summed E-state index contributed by atoms with van der Waals surface area (Å²) in [6.45, 7) is 0. The topological polar surface area (TPSA) is 239 Å². The Hall–Kier alpha value is -4.28. The Morgan fingerprint density at radius 2 is 1.09 bits per heavy atom. The van der Waals surface area contributed by atoms with E-state index < -0.39 is 19.9 Å². The number of nitrogens with one attached hydrogen (secondary N) is 4. The Morgan fingerprint density at radius 1 is 0.632 bits per heavy atom. The van der Waals surface area contributed by atoms with E-state index in [0.29, 0.717) is 19.7 Å². The Kier molecular flexibility index (Phi) is 16.7. The first-order valence-electron chi connectivity index (χ1n) is 16.2. The average Bonchev–Trinajstić information content (AvgIpc) is 3.93. The molecule has 0 saturated carbocycles. The third-order valence-electron chi connectivity index (χ3n) is 7.16. The lowest BCUT2D eigenvalue weighted by Crippen LogP contribution is -2.15. The molecule has 0 saturated heterocycles. The van der Waals surface area contributed by atoms with Crippen molar-refractivity contribution < 1.29 is 21.6 Å². The number of sulfone groups is 1. The van der Waals surface area contributed by atoms with E-state index in [2.05, 4.69) is 4.72 Å². The van der Waals surface area contributed by atoms with Crippen LogP contribution in [0.5, 0.6) is 11.5 Å². The van der Waals surface area contributed by atoms with Crippen LogP contribution in [-0.2, 0) is 25.6 Å². The zero-order valence-electron chi connectivity index (χ0n) is 30.6. The predicted molar refractivity (Wildman–Crippen MR) is 242 cm³/mol. The van der Waals surface area contributed by atoms with E-state index in [4.69, 9.17) is 38.2 Å². The molecule has 0 aliphatic heterocycles. The van der Waals surface area contributed by atoms with Crippen LogP contribution in [0.3, 0.4) is 0 Å². The number of sulfonamides is 1. The first-order valence-corrected chi connectivity index (χ1v) is 25.5. The summed E-state index contributed by atoms with van der Waals surface area (Å²) in [6, 6.07) is 31.7. The zero-order chi connectivity index (χ0) is 41.8. The quantitative estimate of drug-likeness (QED) is 0.0309. The summed E-state index contributed by atoms with van der Waals surface area (Å²) in [7, 11) is -7.06. The van der Waals surface area contributed by atoms with E-state index in [1.165, 1.54) is 63.6 Å². The molecule has 6 rings (SSSR count). The fraction of sp³-hybridized carbons (Fsp3) is 0.108. The van der Waals surface area contributed by atoms with Crippen LogP contribution >= 0.6 is 69.3 Å². The number of hydrogen-bond donors (Lipinski definition) is 7. The summed E-state index contributed by atoms with van der Waals surface area (Å²) in [4.78, 5) is 2.23. The lowest BCUT2D eigenvalue weighted by molar-refractivity contribution is 0.475. The number of rotatable bonds is 14. The largest absolute Gasteiger partial charge is 0.455 e. The molecule has 0 aliphatic carbocycles. The van der Waals surface area contributed by atoms with Crippen molar-refractivity contribution in [2.75, 3.05) is 23.5 Å². The minimum Gasteiger partial charge on any atom is -0.455 e. The van der Waals surface area contributed by atoms with Crippen molar-refractivity contribution in [2.24, 2.45) is 17.2 Å². The molecular weight excluding hydrogens is 879 g/mol. The first-order chi connectivity index (χ1) is 27.1. The molecule has 0 amide bonds. The first kappa shape index (κ1) is 45.4. The summed E-state index contributed by atoms with van der Waals surface area (Å²) < 4.78 is 60.3. The average molecular weight is 918 g/mol. The van der Waals surface area contributed by atoms with Gasteiger partial charge in [0.15, 0.2) is 5.75 Å². The summed E-state index contributed by atoms with van der Waals surface area (Å²) in [6.07, 6.45) is 5.64. The van der Waals surface area contributed by atoms with Gasteiger partial charge in [-0.2, -0.15) is 0 Å². The standard InChI is InChI=1S/C13H15N3O2S3.C12H12N2O2S3.C12H12N2OS2/c1-19-13-10(7-11(20-13)12(14)15)16-21(17,18)8-9-5-3-2-4-6-9;1-17-12-10(7-9(18-12)11(13)14)19(15,16)8-5-3-2-4-6-8;1-16-12-9(7-10(17-12)11(13)14)15-8-5-3-2-4-6-8/h2-7,16H,8H2,1H3,(H3,14,15);2-7H,1H3,(H3,13,14);2-7H,1H3,(H3,13,14). The van der Waals surface area contributed by atoms with Crippen LogP contribution in [0.2, 0.25) is 0 Å². The summed E-state index contributed by atoms with van der Waals surface area (Å²) in [5.74, 6) is 1.36. The Balaban J connectivity index is 0.000000190. The molecule has 3 heterocycles. The van der Waals surface area contributed by atoms with Crippen LogP contribution in [0.1, 0.15) is 20.2 Å². The van der Waals surface area contributed by atoms with E-state index in [9.17, 15) is 16.8 Å². The third-order valence-corrected chi connectivity index (χ3v) is 17.3. The van der Waals surface area contributed by atoms with Crippen molar-refractivity contribution in [1.29, 1.82) is 16.2 Å². The van der Waals surface area contributed by atoms with Crippen molar-refractivity contribution >= 4 is 112 Å². The van der Waals surface area contributed by atoms with Gasteiger partial charge in [-0.15, -0.1) is 69.3 Å². The second kappa shape index (κ2) is 20.9. The van der Waals surface area contributed by atoms with Crippen LogP contribution in [0.25, 0.3) is 0 Å². The van der Waals surface area contributed by atoms with Gasteiger partial charge in [-0.3, -0.25) is 20.9 Å². The molecule has 300 valence electrons. The van der Waals surface area contributed by atoms with Crippen molar-refractivity contribution in [3.05, 3.63) is 129 Å². The molecule has 3 aromatic heterocycles. The van der Waals surface area contributed by atoms with Crippen molar-refractivity contribution in [2.45, 2.75) is 28.2 Å². The fourth-order valence-corrected chi connectivity index (χ4v) is 13.0. The highest BCUT2D eigenvalue weighted by atomic mass is 32.2. The van der Waals surface area contributed by atoms with Crippen LogP contribution in [-0.4, -0.2) is 53.1 Å². The number of nitrogen functional groups attached to an aromatic ring is 3. The van der Waals surface area contributed by atoms with Crippen LogP contribution in [0, 0.1) is 16.2 Å². The number of nitrogens with two attached hydrogens (primary N) is 3. The number of para-hydroxylation sites is 1. The number of ether oxygens (including phenoxy) is 1. The van der Waals surface area contributed by atoms with Crippen LogP contribution in [0.4, 0.5) is 5.69 Å². The number of thioether (sulfide) groups is 3. The van der Waals surface area contributed by atoms with E-state index in [1.54, 1.807) is 78.7 Å². The van der Waals surface area contributed by atoms with Crippen LogP contribution in [0.15, 0.2) is 132 Å². The number of hydrogen-bond acceptors (Lipinski definition) is 14. The van der Waals surface area contributed by atoms with E-state index in [0.717, 1.165) is 30.4 Å². The second-order valence-electron chi connectivity index (χ2n) is 11.3. The minimum absolute atomic E-state index is 0.0659. The molecule has 0 atom stereocenters. The van der Waals surface area contributed by atoms with Gasteiger partial charge in [0.05, 0.1) is 44.3 Å². The van der Waals surface area contributed by atoms with Crippen molar-refractivity contribution in [3.63, 3.8) is 0 Å². The smallest absolute Gasteiger partial charge is 0.236 e. The molecule has 57 heavy (non-hydrogen) atoms. The normalized spacial score (nSPS) is 11.0. The predicted octanol–water partition coefficient (Wildman–Crippen LogP) is 8.83. The molecule has 0 radical (unpaired) electrons. The molecule has 3 aromatic carbocycles. The Morgan fingerprint density at radius 3 is 1.61 bits per heavy atom.